The summed E-state index contributed by atoms with van der Waals surface area (Å²) in [6.07, 6.45) is 6.01. The molecule has 0 nitrogen and oxygen atoms in total. The van der Waals surface area contributed by atoms with Crippen molar-refractivity contribution in [2.75, 3.05) is 0 Å². The second-order valence-corrected chi connectivity index (χ2v) is 11.0. The summed E-state index contributed by atoms with van der Waals surface area (Å²) in [4.78, 5) is 0. The summed E-state index contributed by atoms with van der Waals surface area (Å²) >= 11 is 0. The molecule has 0 N–H and O–H groups in total. The smallest absolute Gasteiger partial charge is 0.00201 e. The fraction of sp³-hybridized carbons (Fsp3) is 0.586. The lowest BCUT2D eigenvalue weighted by Gasteiger charge is -2.34. The predicted molar refractivity (Wildman–Crippen MR) is 130 cm³/mol. The average Bonchev–Trinajstić information content (AvgIpc) is 2.64. The van der Waals surface area contributed by atoms with Crippen LogP contribution in [0.3, 0.4) is 0 Å². The topological polar surface area (TPSA) is 0 Å². The molecular formula is C29H44. The van der Waals surface area contributed by atoms with Crippen molar-refractivity contribution < 1.29 is 0 Å². The van der Waals surface area contributed by atoms with E-state index in [1.54, 1.807) is 11.1 Å². The van der Waals surface area contributed by atoms with Gasteiger partial charge in [-0.05, 0) is 64.2 Å². The van der Waals surface area contributed by atoms with E-state index in [-0.39, 0.29) is 10.8 Å². The Bertz CT molecular complexity index is 689. The minimum Gasteiger partial charge on any atom is -0.0654 e. The lowest BCUT2D eigenvalue weighted by atomic mass is 9.71. The molecule has 0 heteroatoms. The Kier molecular flexibility index (Phi) is 8.15. The second kappa shape index (κ2) is 9.96. The maximum absolute atomic E-state index is 2.40. The molecule has 0 fully saturated rings. The van der Waals surface area contributed by atoms with Crippen LogP contribution in [0, 0.1) is 10.8 Å². The third kappa shape index (κ3) is 6.21. The monoisotopic (exact) mass is 392 g/mol. The molecule has 0 aromatic heterocycles. The minimum atomic E-state index is 0.280. The van der Waals surface area contributed by atoms with E-state index in [0.717, 1.165) is 6.42 Å². The highest BCUT2D eigenvalue weighted by Crippen LogP contribution is 2.43. The quantitative estimate of drug-likeness (QED) is 0.420. The molecule has 2 aromatic carbocycles. The van der Waals surface area contributed by atoms with Crippen molar-refractivity contribution in [2.24, 2.45) is 10.8 Å². The standard InChI is InChI=1S/C29H44/c1-9-15-26(28(3,4)5)24-19-13-11-17-22(24)21-23-18-12-14-20-25(23)27(16-10-2)29(6,7)8/h11-14,17-20,26-27H,9-10,15-16,21H2,1-8H3. The molecule has 0 saturated heterocycles. The van der Waals surface area contributed by atoms with Gasteiger partial charge in [-0.15, -0.1) is 0 Å². The molecule has 2 unspecified atom stereocenters. The van der Waals surface area contributed by atoms with Gasteiger partial charge >= 0.3 is 0 Å². The fourth-order valence-electron chi connectivity index (χ4n) is 4.96. The molecule has 29 heavy (non-hydrogen) atoms. The van der Waals surface area contributed by atoms with Crippen molar-refractivity contribution in [3.05, 3.63) is 70.8 Å². The van der Waals surface area contributed by atoms with Gasteiger partial charge in [-0.2, -0.15) is 0 Å². The van der Waals surface area contributed by atoms with Gasteiger partial charge in [-0.1, -0.05) is 117 Å². The van der Waals surface area contributed by atoms with Crippen LogP contribution in [0.2, 0.25) is 0 Å². The van der Waals surface area contributed by atoms with E-state index in [9.17, 15) is 0 Å². The Morgan fingerprint density at radius 2 is 0.931 bits per heavy atom. The summed E-state index contributed by atoms with van der Waals surface area (Å²) < 4.78 is 0. The van der Waals surface area contributed by atoms with Crippen molar-refractivity contribution in [1.82, 2.24) is 0 Å². The lowest BCUT2D eigenvalue weighted by molar-refractivity contribution is 0.300. The Hall–Kier alpha value is -1.56. The van der Waals surface area contributed by atoms with Crippen LogP contribution >= 0.6 is 0 Å². The summed E-state index contributed by atoms with van der Waals surface area (Å²) in [5.74, 6) is 1.20. The second-order valence-electron chi connectivity index (χ2n) is 11.0. The molecule has 0 aliphatic heterocycles. The van der Waals surface area contributed by atoms with E-state index < -0.39 is 0 Å². The molecule has 0 amide bonds. The highest BCUT2D eigenvalue weighted by molar-refractivity contribution is 5.40. The highest BCUT2D eigenvalue weighted by Gasteiger charge is 2.29. The molecule has 0 aliphatic carbocycles. The Balaban J connectivity index is 2.49. The van der Waals surface area contributed by atoms with Gasteiger partial charge in [0, 0.05) is 0 Å². The van der Waals surface area contributed by atoms with Crippen LogP contribution in [-0.4, -0.2) is 0 Å². The Morgan fingerprint density at radius 1 is 0.586 bits per heavy atom. The molecule has 2 rings (SSSR count). The van der Waals surface area contributed by atoms with Crippen LogP contribution in [0.1, 0.15) is 115 Å². The van der Waals surface area contributed by atoms with Crippen LogP contribution in [0.4, 0.5) is 0 Å². The van der Waals surface area contributed by atoms with Gasteiger partial charge in [0.15, 0.2) is 0 Å². The van der Waals surface area contributed by atoms with E-state index in [2.05, 4.69) is 104 Å². The molecular weight excluding hydrogens is 348 g/mol. The van der Waals surface area contributed by atoms with Gasteiger partial charge in [0.1, 0.15) is 0 Å². The fourth-order valence-corrected chi connectivity index (χ4v) is 4.96. The van der Waals surface area contributed by atoms with Gasteiger partial charge in [-0.25, -0.2) is 0 Å². The van der Waals surface area contributed by atoms with Crippen molar-refractivity contribution in [3.8, 4) is 0 Å². The van der Waals surface area contributed by atoms with Crippen molar-refractivity contribution in [2.45, 2.75) is 99.3 Å². The summed E-state index contributed by atoms with van der Waals surface area (Å²) in [5, 5.41) is 0. The summed E-state index contributed by atoms with van der Waals surface area (Å²) in [6, 6.07) is 18.4. The maximum atomic E-state index is 2.40. The normalized spacial score (nSPS) is 14.6. The zero-order valence-electron chi connectivity index (χ0n) is 20.3. The van der Waals surface area contributed by atoms with E-state index in [1.807, 2.05) is 0 Å². The Labute approximate surface area is 181 Å². The average molecular weight is 393 g/mol. The van der Waals surface area contributed by atoms with Gasteiger partial charge in [0.2, 0.25) is 0 Å². The van der Waals surface area contributed by atoms with E-state index in [1.165, 1.54) is 36.8 Å². The first kappa shape index (κ1) is 23.7. The SMILES string of the molecule is CCCC(c1ccccc1Cc1ccccc1C(CCC)C(C)(C)C)C(C)(C)C. The van der Waals surface area contributed by atoms with Gasteiger partial charge < -0.3 is 0 Å². The lowest BCUT2D eigenvalue weighted by Crippen LogP contribution is -2.21. The number of rotatable bonds is 8. The van der Waals surface area contributed by atoms with Crippen molar-refractivity contribution in [1.29, 1.82) is 0 Å². The van der Waals surface area contributed by atoms with Gasteiger partial charge in [-0.3, -0.25) is 0 Å². The van der Waals surface area contributed by atoms with Gasteiger partial charge in [0.25, 0.3) is 0 Å². The van der Waals surface area contributed by atoms with E-state index in [4.69, 9.17) is 0 Å². The van der Waals surface area contributed by atoms with Crippen LogP contribution in [-0.2, 0) is 6.42 Å². The minimum absolute atomic E-state index is 0.280. The summed E-state index contributed by atoms with van der Waals surface area (Å²) in [7, 11) is 0. The zero-order chi connectivity index (χ0) is 21.7. The van der Waals surface area contributed by atoms with E-state index in [0.29, 0.717) is 11.8 Å². The summed E-state index contributed by atoms with van der Waals surface area (Å²) in [6.45, 7) is 19.0. The molecule has 0 heterocycles. The highest BCUT2D eigenvalue weighted by atomic mass is 14.3. The van der Waals surface area contributed by atoms with Gasteiger partial charge in [0.05, 0.1) is 0 Å². The van der Waals surface area contributed by atoms with Crippen LogP contribution in [0.5, 0.6) is 0 Å². The van der Waals surface area contributed by atoms with E-state index >= 15 is 0 Å². The third-order valence-electron chi connectivity index (χ3n) is 6.49. The zero-order valence-corrected chi connectivity index (χ0v) is 20.3. The molecule has 0 radical (unpaired) electrons. The predicted octanol–water partition coefficient (Wildman–Crippen LogP) is 9.14. The molecule has 0 saturated carbocycles. The molecule has 0 aliphatic rings. The van der Waals surface area contributed by atoms with Crippen molar-refractivity contribution >= 4 is 0 Å². The first-order valence-electron chi connectivity index (χ1n) is 11.7. The largest absolute Gasteiger partial charge is 0.0654 e. The van der Waals surface area contributed by atoms with Crippen molar-refractivity contribution in [3.63, 3.8) is 0 Å². The molecule has 160 valence electrons. The third-order valence-corrected chi connectivity index (χ3v) is 6.49. The first-order valence-corrected chi connectivity index (χ1v) is 11.7. The Morgan fingerprint density at radius 3 is 1.24 bits per heavy atom. The molecule has 0 spiro atoms. The van der Waals surface area contributed by atoms with Crippen LogP contribution < -0.4 is 0 Å². The molecule has 0 bridgehead atoms. The first-order chi connectivity index (χ1) is 13.6. The molecule has 2 aromatic rings. The van der Waals surface area contributed by atoms with Crippen LogP contribution in [0.15, 0.2) is 48.5 Å². The molecule has 2 atom stereocenters. The van der Waals surface area contributed by atoms with Crippen LogP contribution in [0.25, 0.3) is 0 Å². The summed E-state index contributed by atoms with van der Waals surface area (Å²) in [5.41, 5.74) is 6.69. The number of hydrogen-bond donors (Lipinski definition) is 0. The maximum Gasteiger partial charge on any atom is -0.00201 e. The number of benzene rings is 2. The number of hydrogen-bond acceptors (Lipinski definition) is 0.